The Kier molecular flexibility index (Phi) is 5.76. The minimum atomic E-state index is -3.69. The highest BCUT2D eigenvalue weighted by atomic mass is 32.2. The molecule has 0 saturated heterocycles. The van der Waals surface area contributed by atoms with Gasteiger partial charge in [-0.25, -0.2) is 13.1 Å². The summed E-state index contributed by atoms with van der Waals surface area (Å²) in [6.07, 6.45) is 0.573. The Morgan fingerprint density at radius 3 is 2.84 bits per heavy atom. The van der Waals surface area contributed by atoms with E-state index in [1.54, 1.807) is 0 Å². The van der Waals surface area contributed by atoms with E-state index in [1.165, 1.54) is 18.2 Å². The molecule has 3 N–H and O–H groups in total. The Labute approximate surface area is 113 Å². The summed E-state index contributed by atoms with van der Waals surface area (Å²) < 4.78 is 31.6. The van der Waals surface area contributed by atoms with E-state index >= 15 is 0 Å². The van der Waals surface area contributed by atoms with Gasteiger partial charge >= 0.3 is 0 Å². The van der Waals surface area contributed by atoms with E-state index in [0.29, 0.717) is 25.3 Å². The Morgan fingerprint density at radius 1 is 1.47 bits per heavy atom. The van der Waals surface area contributed by atoms with Crippen molar-refractivity contribution in [2.45, 2.75) is 18.2 Å². The highest BCUT2D eigenvalue weighted by Crippen LogP contribution is 2.17. The topological polar surface area (TPSA) is 105 Å². The molecule has 1 rings (SSSR count). The molecule has 0 aliphatic heterocycles. The fourth-order valence-electron chi connectivity index (χ4n) is 1.47. The highest BCUT2D eigenvalue weighted by Gasteiger charge is 2.18. The van der Waals surface area contributed by atoms with E-state index in [-0.39, 0.29) is 17.0 Å². The second-order valence-corrected chi connectivity index (χ2v) is 5.55. The Morgan fingerprint density at radius 2 is 2.21 bits per heavy atom. The van der Waals surface area contributed by atoms with Crippen molar-refractivity contribution in [3.05, 3.63) is 23.8 Å². The van der Waals surface area contributed by atoms with E-state index in [1.807, 2.05) is 13.0 Å². The first-order valence-corrected chi connectivity index (χ1v) is 7.36. The molecule has 1 aromatic carbocycles. The van der Waals surface area contributed by atoms with Crippen LogP contribution in [0.1, 0.15) is 18.9 Å². The highest BCUT2D eigenvalue weighted by molar-refractivity contribution is 7.89. The predicted molar refractivity (Wildman–Crippen MR) is 71.9 cm³/mol. The van der Waals surface area contributed by atoms with Crippen LogP contribution in [0.2, 0.25) is 0 Å². The van der Waals surface area contributed by atoms with E-state index in [2.05, 4.69) is 4.72 Å². The quantitative estimate of drug-likeness (QED) is 0.570. The maximum Gasteiger partial charge on any atom is 0.241 e. The van der Waals surface area contributed by atoms with Crippen LogP contribution in [0.4, 0.5) is 5.69 Å². The number of nitriles is 1. The molecule has 1 aromatic rings. The summed E-state index contributed by atoms with van der Waals surface area (Å²) in [4.78, 5) is -0.0550. The van der Waals surface area contributed by atoms with Crippen LogP contribution in [0.15, 0.2) is 23.1 Å². The smallest absolute Gasteiger partial charge is 0.241 e. The van der Waals surface area contributed by atoms with Crippen LogP contribution in [0.5, 0.6) is 0 Å². The summed E-state index contributed by atoms with van der Waals surface area (Å²) >= 11 is 0. The molecule has 0 fully saturated rings. The number of nitrogens with one attached hydrogen (secondary N) is 1. The van der Waals surface area contributed by atoms with Gasteiger partial charge < -0.3 is 10.5 Å². The standard InChI is InChI=1S/C12H17N3O3S/c1-2-18-7-3-6-15-19(16,17)12-5-4-11(14)8-10(12)9-13/h4-5,8,15H,2-3,6-7,14H2,1H3. The number of nitrogen functional groups attached to an aromatic ring is 1. The molecule has 0 unspecified atom stereocenters. The summed E-state index contributed by atoms with van der Waals surface area (Å²) in [5.41, 5.74) is 5.91. The van der Waals surface area contributed by atoms with Gasteiger partial charge in [-0.15, -0.1) is 0 Å². The first-order chi connectivity index (χ1) is 9.01. The third-order valence-corrected chi connectivity index (χ3v) is 3.89. The van der Waals surface area contributed by atoms with Crippen LogP contribution in [0, 0.1) is 11.3 Å². The van der Waals surface area contributed by atoms with Crippen molar-refractivity contribution in [2.24, 2.45) is 0 Å². The number of hydrogen-bond donors (Lipinski definition) is 2. The third-order valence-electron chi connectivity index (χ3n) is 2.38. The second kappa shape index (κ2) is 7.09. The largest absolute Gasteiger partial charge is 0.399 e. The summed E-state index contributed by atoms with van der Waals surface area (Å²) in [6.45, 7) is 3.23. The first kappa shape index (κ1) is 15.4. The van der Waals surface area contributed by atoms with Gasteiger partial charge in [0, 0.05) is 25.4 Å². The number of nitrogens with zero attached hydrogens (tertiary/aromatic N) is 1. The molecule has 0 radical (unpaired) electrons. The van der Waals surface area contributed by atoms with E-state index < -0.39 is 10.0 Å². The minimum absolute atomic E-state index is 0.0392. The number of sulfonamides is 1. The maximum absolute atomic E-state index is 12.0. The molecule has 19 heavy (non-hydrogen) atoms. The number of nitrogens with two attached hydrogens (primary N) is 1. The molecule has 7 heteroatoms. The molecule has 6 nitrogen and oxygen atoms in total. The zero-order chi connectivity index (χ0) is 14.3. The maximum atomic E-state index is 12.0. The molecule has 0 bridgehead atoms. The molecule has 0 atom stereocenters. The van der Waals surface area contributed by atoms with Crippen LogP contribution in [-0.4, -0.2) is 28.2 Å². The summed E-state index contributed by atoms with van der Waals surface area (Å²) in [5, 5.41) is 8.93. The monoisotopic (exact) mass is 283 g/mol. The average molecular weight is 283 g/mol. The van der Waals surface area contributed by atoms with Gasteiger partial charge in [-0.3, -0.25) is 0 Å². The number of anilines is 1. The van der Waals surface area contributed by atoms with Crippen molar-refractivity contribution in [2.75, 3.05) is 25.5 Å². The molecular weight excluding hydrogens is 266 g/mol. The Hall–Kier alpha value is -1.62. The van der Waals surface area contributed by atoms with Crippen molar-refractivity contribution in [1.82, 2.24) is 4.72 Å². The summed E-state index contributed by atoms with van der Waals surface area (Å²) in [5.74, 6) is 0. The van der Waals surface area contributed by atoms with Gasteiger partial charge in [0.1, 0.15) is 6.07 Å². The van der Waals surface area contributed by atoms with E-state index in [0.717, 1.165) is 0 Å². The summed E-state index contributed by atoms with van der Waals surface area (Å²) in [6, 6.07) is 5.96. The van der Waals surface area contributed by atoms with Crippen LogP contribution in [-0.2, 0) is 14.8 Å². The number of rotatable bonds is 7. The van der Waals surface area contributed by atoms with Crippen molar-refractivity contribution >= 4 is 15.7 Å². The fraction of sp³-hybridized carbons (Fsp3) is 0.417. The van der Waals surface area contributed by atoms with Gasteiger partial charge in [-0.05, 0) is 31.5 Å². The van der Waals surface area contributed by atoms with Gasteiger partial charge in [0.05, 0.1) is 10.5 Å². The molecule has 104 valence electrons. The second-order valence-electron chi connectivity index (χ2n) is 3.82. The molecule has 0 spiro atoms. The predicted octanol–water partition coefficient (Wildman–Crippen LogP) is 0.845. The average Bonchev–Trinajstić information content (AvgIpc) is 2.38. The first-order valence-electron chi connectivity index (χ1n) is 5.88. The normalized spacial score (nSPS) is 11.2. The minimum Gasteiger partial charge on any atom is -0.399 e. The Balaban J connectivity index is 2.75. The molecule has 0 amide bonds. The van der Waals surface area contributed by atoms with Crippen LogP contribution >= 0.6 is 0 Å². The fourth-order valence-corrected chi connectivity index (χ4v) is 2.68. The summed E-state index contributed by atoms with van der Waals surface area (Å²) in [7, 11) is -3.69. The lowest BCUT2D eigenvalue weighted by molar-refractivity contribution is 0.146. The van der Waals surface area contributed by atoms with Gasteiger partial charge in [-0.1, -0.05) is 0 Å². The lowest BCUT2D eigenvalue weighted by atomic mass is 10.2. The van der Waals surface area contributed by atoms with Gasteiger partial charge in [0.2, 0.25) is 10.0 Å². The SMILES string of the molecule is CCOCCCNS(=O)(=O)c1ccc(N)cc1C#N. The zero-order valence-electron chi connectivity index (χ0n) is 10.7. The lowest BCUT2D eigenvalue weighted by Gasteiger charge is -2.08. The van der Waals surface area contributed by atoms with Gasteiger partial charge in [-0.2, -0.15) is 5.26 Å². The van der Waals surface area contributed by atoms with E-state index in [9.17, 15) is 8.42 Å². The number of hydrogen-bond acceptors (Lipinski definition) is 5. The third kappa shape index (κ3) is 4.52. The van der Waals surface area contributed by atoms with Crippen molar-refractivity contribution in [3.8, 4) is 6.07 Å². The van der Waals surface area contributed by atoms with Crippen molar-refractivity contribution in [3.63, 3.8) is 0 Å². The molecule has 0 aliphatic carbocycles. The molecule has 0 saturated carbocycles. The van der Waals surface area contributed by atoms with E-state index in [4.69, 9.17) is 15.7 Å². The molecule has 0 heterocycles. The zero-order valence-corrected chi connectivity index (χ0v) is 11.5. The number of benzene rings is 1. The van der Waals surface area contributed by atoms with Crippen LogP contribution in [0.3, 0.4) is 0 Å². The molecule has 0 aliphatic rings. The Bertz CT molecular complexity index is 564. The van der Waals surface area contributed by atoms with Gasteiger partial charge in [0.15, 0.2) is 0 Å². The van der Waals surface area contributed by atoms with Crippen LogP contribution < -0.4 is 10.5 Å². The lowest BCUT2D eigenvalue weighted by Crippen LogP contribution is -2.26. The van der Waals surface area contributed by atoms with Crippen molar-refractivity contribution in [1.29, 1.82) is 5.26 Å². The van der Waals surface area contributed by atoms with Crippen molar-refractivity contribution < 1.29 is 13.2 Å². The number of ether oxygens (including phenoxy) is 1. The molecular formula is C12H17N3O3S. The molecule has 0 aromatic heterocycles. The van der Waals surface area contributed by atoms with Gasteiger partial charge in [0.25, 0.3) is 0 Å². The van der Waals surface area contributed by atoms with Crippen LogP contribution in [0.25, 0.3) is 0 Å².